The number of nitrogens with one attached hydrogen (secondary N) is 1. The minimum absolute atomic E-state index is 0.0822. The molecule has 380 valence electrons. The van der Waals surface area contributed by atoms with Gasteiger partial charge in [0.2, 0.25) is 5.91 Å². The second kappa shape index (κ2) is 52.6. The largest absolute Gasteiger partial charge is 0.462 e. The molecule has 0 spiro atoms. The molecule has 0 aromatic heterocycles. The van der Waals surface area contributed by atoms with E-state index in [-0.39, 0.29) is 24.9 Å². The minimum Gasteiger partial charge on any atom is -0.462 e. The zero-order valence-electron chi connectivity index (χ0n) is 43.4. The maximum absolute atomic E-state index is 13.2. The molecule has 0 heterocycles. The molecular weight excluding hydrogens is 791 g/mol. The molecule has 0 radical (unpaired) electrons. The highest BCUT2D eigenvalue weighted by atomic mass is 16.5. The van der Waals surface area contributed by atoms with Gasteiger partial charge in [-0.3, -0.25) is 9.59 Å². The first-order chi connectivity index (χ1) is 31.5. The number of ether oxygens (including phenoxy) is 1. The molecule has 0 aliphatic rings. The number of carbonyl (C=O) groups excluding carboxylic acids is 2. The first-order valence-corrected chi connectivity index (χ1v) is 28.9. The number of carbonyl (C=O) groups is 2. The summed E-state index contributed by atoms with van der Waals surface area (Å²) in [4.78, 5) is 26.3. The lowest BCUT2D eigenvalue weighted by Crippen LogP contribution is -2.46. The number of rotatable bonds is 53. The summed E-state index contributed by atoms with van der Waals surface area (Å²) < 4.78 is 5.97. The van der Waals surface area contributed by atoms with Crippen LogP contribution in [0.1, 0.15) is 323 Å². The molecule has 3 N–H and O–H groups in total. The van der Waals surface area contributed by atoms with Gasteiger partial charge in [-0.2, -0.15) is 0 Å². The van der Waals surface area contributed by atoms with Crippen LogP contribution in [0.4, 0.5) is 0 Å². The van der Waals surface area contributed by atoms with Gasteiger partial charge in [0.25, 0.3) is 0 Å². The van der Waals surface area contributed by atoms with Gasteiger partial charge in [-0.1, -0.05) is 270 Å². The number of hydrogen-bond donors (Lipinski definition) is 3. The van der Waals surface area contributed by atoms with Gasteiger partial charge >= 0.3 is 5.97 Å². The molecule has 6 heteroatoms. The number of hydrogen-bond acceptors (Lipinski definition) is 5. The van der Waals surface area contributed by atoms with E-state index in [4.69, 9.17) is 4.74 Å². The maximum Gasteiger partial charge on any atom is 0.306 e. The Morgan fingerprint density at radius 2 is 0.750 bits per heavy atom. The highest BCUT2D eigenvalue weighted by Gasteiger charge is 2.24. The lowest BCUT2D eigenvalue weighted by atomic mass is 10.0. The van der Waals surface area contributed by atoms with Crippen molar-refractivity contribution >= 4 is 11.9 Å². The zero-order valence-corrected chi connectivity index (χ0v) is 43.4. The smallest absolute Gasteiger partial charge is 0.306 e. The Morgan fingerprint density at radius 3 is 1.11 bits per heavy atom. The van der Waals surface area contributed by atoms with Gasteiger partial charge in [0.05, 0.1) is 25.2 Å². The summed E-state index contributed by atoms with van der Waals surface area (Å²) >= 11 is 0. The van der Waals surface area contributed by atoms with Crippen LogP contribution in [0.25, 0.3) is 0 Å². The summed E-state index contributed by atoms with van der Waals surface area (Å²) in [6.07, 6.45) is 59.9. The highest BCUT2D eigenvalue weighted by Crippen LogP contribution is 2.19. The fraction of sp³-hybridized carbons (Fsp3) is 0.931. The molecule has 1 amide bonds. The molecule has 6 nitrogen and oxygen atoms in total. The number of allylic oxidation sites excluding steroid dienone is 2. The Kier molecular flexibility index (Phi) is 51.4. The molecule has 0 saturated carbocycles. The molecule has 3 atom stereocenters. The predicted molar refractivity (Wildman–Crippen MR) is 278 cm³/mol. The number of esters is 1. The van der Waals surface area contributed by atoms with Crippen molar-refractivity contribution in [3.8, 4) is 0 Å². The Labute approximate surface area is 399 Å². The molecule has 64 heavy (non-hydrogen) atoms. The molecule has 0 bridgehead atoms. The van der Waals surface area contributed by atoms with Gasteiger partial charge in [0.1, 0.15) is 6.10 Å². The highest BCUT2D eigenvalue weighted by molar-refractivity contribution is 5.77. The first kappa shape index (κ1) is 62.6. The summed E-state index contributed by atoms with van der Waals surface area (Å²) in [6, 6.07) is -0.697. The van der Waals surface area contributed by atoms with Crippen LogP contribution in [0.2, 0.25) is 0 Å². The second-order valence-corrected chi connectivity index (χ2v) is 20.1. The molecule has 0 saturated heterocycles. The van der Waals surface area contributed by atoms with Gasteiger partial charge in [-0.05, 0) is 51.4 Å². The van der Waals surface area contributed by atoms with Crippen LogP contribution in [-0.4, -0.2) is 46.9 Å². The molecule has 0 fully saturated rings. The SMILES string of the molecule is CCCCCCCC/C=C/CCCCCCCCCC(CC(=O)NC(CO)C(O)CCCCCCCCCCCCC)OC(=O)CCCCCCCCCCCCCCCCCCC. The predicted octanol–water partition coefficient (Wildman–Crippen LogP) is 17.7. The Bertz CT molecular complexity index is 970. The number of aliphatic hydroxyl groups is 2. The molecule has 0 aromatic rings. The molecule has 0 rings (SSSR count). The van der Waals surface area contributed by atoms with E-state index in [1.807, 2.05) is 0 Å². The normalized spacial score (nSPS) is 13.1. The Hall–Kier alpha value is -1.40. The number of amides is 1. The maximum atomic E-state index is 13.2. The topological polar surface area (TPSA) is 95.9 Å². The third-order valence-electron chi connectivity index (χ3n) is 13.6. The van der Waals surface area contributed by atoms with E-state index in [0.29, 0.717) is 19.3 Å². The van der Waals surface area contributed by atoms with Crippen LogP contribution in [0.5, 0.6) is 0 Å². The lowest BCUT2D eigenvalue weighted by Gasteiger charge is -2.24. The fourth-order valence-corrected chi connectivity index (χ4v) is 9.19. The van der Waals surface area contributed by atoms with Crippen LogP contribution < -0.4 is 5.32 Å². The van der Waals surface area contributed by atoms with E-state index < -0.39 is 18.2 Å². The van der Waals surface area contributed by atoms with E-state index in [0.717, 1.165) is 51.4 Å². The van der Waals surface area contributed by atoms with Gasteiger partial charge in [0.15, 0.2) is 0 Å². The standard InChI is InChI=1S/C58H113NO5/c1-4-7-10-13-16-19-22-24-26-28-30-32-35-37-40-43-46-49-54(52-57(62)59-55(53-60)56(61)50-47-44-41-38-34-21-18-15-12-9-6-3)64-58(63)51-48-45-42-39-36-33-31-29-27-25-23-20-17-14-11-8-5-2/h24,26,54-56,60-61H,4-23,25,27-53H2,1-3H3,(H,59,62)/b26-24+. The van der Waals surface area contributed by atoms with E-state index in [1.54, 1.807) is 0 Å². The molecule has 0 aliphatic carbocycles. The van der Waals surface area contributed by atoms with Crippen LogP contribution in [0.15, 0.2) is 12.2 Å². The van der Waals surface area contributed by atoms with Crippen molar-refractivity contribution < 1.29 is 24.5 Å². The second-order valence-electron chi connectivity index (χ2n) is 20.1. The van der Waals surface area contributed by atoms with Gasteiger partial charge < -0.3 is 20.3 Å². The van der Waals surface area contributed by atoms with Gasteiger partial charge in [-0.15, -0.1) is 0 Å². The quantitative estimate of drug-likeness (QED) is 0.0321. The first-order valence-electron chi connectivity index (χ1n) is 28.9. The number of aliphatic hydroxyl groups excluding tert-OH is 2. The molecule has 0 aromatic carbocycles. The third-order valence-corrected chi connectivity index (χ3v) is 13.6. The van der Waals surface area contributed by atoms with Crippen molar-refractivity contribution in [1.82, 2.24) is 5.32 Å². The van der Waals surface area contributed by atoms with Crippen LogP contribution >= 0.6 is 0 Å². The Balaban J connectivity index is 4.51. The Morgan fingerprint density at radius 1 is 0.438 bits per heavy atom. The molecular formula is C58H113NO5. The van der Waals surface area contributed by atoms with Crippen molar-refractivity contribution in [2.75, 3.05) is 6.61 Å². The van der Waals surface area contributed by atoms with Gasteiger partial charge in [-0.25, -0.2) is 0 Å². The van der Waals surface area contributed by atoms with Crippen LogP contribution in [0, 0.1) is 0 Å². The zero-order chi connectivity index (χ0) is 46.7. The average molecular weight is 905 g/mol. The van der Waals surface area contributed by atoms with Gasteiger partial charge in [0, 0.05) is 6.42 Å². The summed E-state index contributed by atoms with van der Waals surface area (Å²) in [7, 11) is 0. The molecule has 3 unspecified atom stereocenters. The fourth-order valence-electron chi connectivity index (χ4n) is 9.19. The molecule has 0 aliphatic heterocycles. The van der Waals surface area contributed by atoms with Crippen molar-refractivity contribution in [2.45, 2.75) is 341 Å². The summed E-state index contributed by atoms with van der Waals surface area (Å²) in [5.41, 5.74) is 0. The van der Waals surface area contributed by atoms with E-state index >= 15 is 0 Å². The van der Waals surface area contributed by atoms with Crippen LogP contribution in [0.3, 0.4) is 0 Å². The third kappa shape index (κ3) is 47.1. The van der Waals surface area contributed by atoms with Crippen molar-refractivity contribution in [1.29, 1.82) is 0 Å². The minimum atomic E-state index is -0.783. The summed E-state index contributed by atoms with van der Waals surface area (Å²) in [5, 5.41) is 23.8. The monoisotopic (exact) mass is 904 g/mol. The van der Waals surface area contributed by atoms with Crippen molar-refractivity contribution in [3.05, 3.63) is 12.2 Å². The lowest BCUT2D eigenvalue weighted by molar-refractivity contribution is -0.151. The number of unbranched alkanes of at least 4 members (excludes halogenated alkanes) is 39. The van der Waals surface area contributed by atoms with E-state index in [2.05, 4.69) is 38.2 Å². The van der Waals surface area contributed by atoms with E-state index in [1.165, 1.54) is 225 Å². The summed E-state index contributed by atoms with van der Waals surface area (Å²) in [5.74, 6) is -0.455. The van der Waals surface area contributed by atoms with E-state index in [9.17, 15) is 19.8 Å². The van der Waals surface area contributed by atoms with Crippen molar-refractivity contribution in [2.24, 2.45) is 0 Å². The van der Waals surface area contributed by atoms with Crippen LogP contribution in [-0.2, 0) is 14.3 Å². The average Bonchev–Trinajstić information content (AvgIpc) is 3.29. The van der Waals surface area contributed by atoms with Crippen molar-refractivity contribution in [3.63, 3.8) is 0 Å². The summed E-state index contributed by atoms with van der Waals surface area (Å²) in [6.45, 7) is 6.51.